The van der Waals surface area contributed by atoms with Crippen LogP contribution in [0.15, 0.2) is 42.5 Å². The molecule has 1 N–H and O–H groups in total. The van der Waals surface area contributed by atoms with Gasteiger partial charge in [0.05, 0.1) is 0 Å². The summed E-state index contributed by atoms with van der Waals surface area (Å²) in [5.74, 6) is -2.56. The zero-order valence-corrected chi connectivity index (χ0v) is 10.4. The highest BCUT2D eigenvalue weighted by Crippen LogP contribution is 2.24. The number of ether oxygens (including phenoxy) is 1. The fourth-order valence-electron chi connectivity index (χ4n) is 1.72. The third kappa shape index (κ3) is 3.19. The predicted octanol–water partition coefficient (Wildman–Crippen LogP) is 2.89. The van der Waals surface area contributed by atoms with E-state index in [9.17, 15) is 18.7 Å². The second-order valence-corrected chi connectivity index (χ2v) is 4.17. The Morgan fingerprint density at radius 2 is 1.75 bits per heavy atom. The molecular formula is C15H12F2O3. The highest BCUT2D eigenvalue weighted by atomic mass is 19.1. The third-order valence-electron chi connectivity index (χ3n) is 2.73. The molecule has 0 saturated heterocycles. The summed E-state index contributed by atoms with van der Waals surface area (Å²) in [6.45, 7) is -0.293. The van der Waals surface area contributed by atoms with Gasteiger partial charge in [0.25, 0.3) is 0 Å². The van der Waals surface area contributed by atoms with Gasteiger partial charge < -0.3 is 9.84 Å². The highest BCUT2D eigenvalue weighted by Gasteiger charge is 2.15. The number of carbonyl (C=O) groups excluding carboxylic acids is 1. The Balaban J connectivity index is 2.10. The number of halogens is 2. The molecule has 1 unspecified atom stereocenters. The van der Waals surface area contributed by atoms with Crippen LogP contribution in [0.5, 0.6) is 5.75 Å². The first-order valence-corrected chi connectivity index (χ1v) is 5.92. The van der Waals surface area contributed by atoms with Crippen molar-refractivity contribution >= 4 is 6.29 Å². The molecule has 0 spiro atoms. The normalized spacial score (nSPS) is 11.9. The Morgan fingerprint density at radius 3 is 2.30 bits per heavy atom. The molecule has 0 aliphatic carbocycles. The Morgan fingerprint density at radius 1 is 1.15 bits per heavy atom. The standard InChI is InChI=1S/C15H12F2O3/c16-12-6-10(8-18)7-13(17)15(12)20-9-14(19)11-4-2-1-3-5-11/h1-8,14,19H,9H2. The topological polar surface area (TPSA) is 46.5 Å². The van der Waals surface area contributed by atoms with Crippen LogP contribution < -0.4 is 4.74 Å². The molecular weight excluding hydrogens is 266 g/mol. The monoisotopic (exact) mass is 278 g/mol. The van der Waals surface area contributed by atoms with Gasteiger partial charge in [-0.25, -0.2) is 8.78 Å². The molecule has 3 nitrogen and oxygen atoms in total. The Kier molecular flexibility index (Phi) is 4.42. The van der Waals surface area contributed by atoms with Crippen LogP contribution in [0.2, 0.25) is 0 Å². The Hall–Kier alpha value is -2.27. The predicted molar refractivity (Wildman–Crippen MR) is 68.6 cm³/mol. The number of rotatable bonds is 5. The molecule has 0 radical (unpaired) electrons. The molecule has 0 fully saturated rings. The van der Waals surface area contributed by atoms with Gasteiger partial charge in [-0.2, -0.15) is 0 Å². The third-order valence-corrected chi connectivity index (χ3v) is 2.73. The minimum Gasteiger partial charge on any atom is -0.484 e. The van der Waals surface area contributed by atoms with Crippen molar-refractivity contribution in [3.05, 3.63) is 65.2 Å². The lowest BCUT2D eigenvalue weighted by Gasteiger charge is -2.13. The molecule has 2 aromatic carbocycles. The smallest absolute Gasteiger partial charge is 0.190 e. The SMILES string of the molecule is O=Cc1cc(F)c(OCC(O)c2ccccc2)c(F)c1. The summed E-state index contributed by atoms with van der Waals surface area (Å²) in [7, 11) is 0. The van der Waals surface area contributed by atoms with E-state index in [4.69, 9.17) is 4.74 Å². The van der Waals surface area contributed by atoms with Gasteiger partial charge in [-0.3, -0.25) is 4.79 Å². The highest BCUT2D eigenvalue weighted by molar-refractivity contribution is 5.75. The van der Waals surface area contributed by atoms with E-state index < -0.39 is 23.5 Å². The lowest BCUT2D eigenvalue weighted by atomic mass is 10.1. The van der Waals surface area contributed by atoms with E-state index in [-0.39, 0.29) is 12.2 Å². The molecule has 1 atom stereocenters. The van der Waals surface area contributed by atoms with Gasteiger partial charge in [-0.05, 0) is 17.7 Å². The minimum atomic E-state index is -0.999. The van der Waals surface area contributed by atoms with Gasteiger partial charge in [-0.15, -0.1) is 0 Å². The van der Waals surface area contributed by atoms with Crippen LogP contribution in [0.1, 0.15) is 22.0 Å². The molecule has 5 heteroatoms. The molecule has 0 aliphatic rings. The fourth-order valence-corrected chi connectivity index (χ4v) is 1.72. The maximum atomic E-state index is 13.5. The first kappa shape index (κ1) is 14.1. The largest absolute Gasteiger partial charge is 0.484 e. The fraction of sp³-hybridized carbons (Fsp3) is 0.133. The number of hydrogen-bond donors (Lipinski definition) is 1. The molecule has 104 valence electrons. The van der Waals surface area contributed by atoms with Gasteiger partial charge >= 0.3 is 0 Å². The van der Waals surface area contributed by atoms with Crippen molar-refractivity contribution in [1.82, 2.24) is 0 Å². The molecule has 0 saturated carbocycles. The Bertz CT molecular complexity index is 576. The summed E-state index contributed by atoms with van der Waals surface area (Å²) in [4.78, 5) is 10.5. The number of aliphatic hydroxyl groups excluding tert-OH is 1. The molecule has 20 heavy (non-hydrogen) atoms. The van der Waals surface area contributed by atoms with E-state index in [1.165, 1.54) is 0 Å². The van der Waals surface area contributed by atoms with Gasteiger partial charge in [0.1, 0.15) is 19.0 Å². The summed E-state index contributed by atoms with van der Waals surface area (Å²) in [6.07, 6.45) is -0.657. The van der Waals surface area contributed by atoms with Crippen molar-refractivity contribution in [2.75, 3.05) is 6.61 Å². The molecule has 0 bridgehead atoms. The van der Waals surface area contributed by atoms with Crippen molar-refractivity contribution in [3.8, 4) is 5.75 Å². The number of hydrogen-bond acceptors (Lipinski definition) is 3. The molecule has 2 rings (SSSR count). The average molecular weight is 278 g/mol. The second-order valence-electron chi connectivity index (χ2n) is 4.17. The molecule has 0 heterocycles. The number of benzene rings is 2. The van der Waals surface area contributed by atoms with Crippen LogP contribution in [0.25, 0.3) is 0 Å². The van der Waals surface area contributed by atoms with Crippen LogP contribution >= 0.6 is 0 Å². The number of aldehydes is 1. The maximum Gasteiger partial charge on any atom is 0.190 e. The zero-order valence-electron chi connectivity index (χ0n) is 10.4. The van der Waals surface area contributed by atoms with Gasteiger partial charge in [0, 0.05) is 5.56 Å². The number of carbonyl (C=O) groups is 1. The van der Waals surface area contributed by atoms with Crippen molar-refractivity contribution in [1.29, 1.82) is 0 Å². The van der Waals surface area contributed by atoms with Crippen LogP contribution in [-0.2, 0) is 0 Å². The molecule has 2 aromatic rings. The number of aliphatic hydroxyl groups is 1. The van der Waals surface area contributed by atoms with Crippen molar-refractivity contribution in [2.45, 2.75) is 6.10 Å². The van der Waals surface area contributed by atoms with Crippen molar-refractivity contribution in [3.63, 3.8) is 0 Å². The zero-order chi connectivity index (χ0) is 14.5. The van der Waals surface area contributed by atoms with Crippen LogP contribution in [0.3, 0.4) is 0 Å². The van der Waals surface area contributed by atoms with Crippen LogP contribution in [0.4, 0.5) is 8.78 Å². The van der Waals surface area contributed by atoms with E-state index in [1.54, 1.807) is 30.3 Å². The second kappa shape index (κ2) is 6.25. The first-order chi connectivity index (χ1) is 9.61. The lowest BCUT2D eigenvalue weighted by Crippen LogP contribution is -2.11. The first-order valence-electron chi connectivity index (χ1n) is 5.92. The van der Waals surface area contributed by atoms with E-state index in [1.807, 2.05) is 0 Å². The molecule has 0 aliphatic heterocycles. The van der Waals surface area contributed by atoms with Gasteiger partial charge in [0.15, 0.2) is 17.4 Å². The summed E-state index contributed by atoms with van der Waals surface area (Å²) in [5.41, 5.74) is 0.466. The van der Waals surface area contributed by atoms with Crippen molar-refractivity contribution < 1.29 is 23.4 Å². The van der Waals surface area contributed by atoms with Crippen LogP contribution in [-0.4, -0.2) is 18.0 Å². The van der Waals surface area contributed by atoms with E-state index in [0.717, 1.165) is 12.1 Å². The van der Waals surface area contributed by atoms with Crippen molar-refractivity contribution in [2.24, 2.45) is 0 Å². The quantitative estimate of drug-likeness (QED) is 0.855. The average Bonchev–Trinajstić information content (AvgIpc) is 2.46. The van der Waals surface area contributed by atoms with E-state index >= 15 is 0 Å². The summed E-state index contributed by atoms with van der Waals surface area (Å²) >= 11 is 0. The summed E-state index contributed by atoms with van der Waals surface area (Å²) in [6, 6.07) is 10.4. The molecule has 0 amide bonds. The minimum absolute atomic E-state index is 0.115. The lowest BCUT2D eigenvalue weighted by molar-refractivity contribution is 0.103. The van der Waals surface area contributed by atoms with Crippen LogP contribution in [0, 0.1) is 11.6 Å². The van der Waals surface area contributed by atoms with Gasteiger partial charge in [0.2, 0.25) is 0 Å². The Labute approximate surface area is 114 Å². The van der Waals surface area contributed by atoms with Gasteiger partial charge in [-0.1, -0.05) is 30.3 Å². The maximum absolute atomic E-state index is 13.5. The summed E-state index contributed by atoms with van der Waals surface area (Å²) in [5, 5.41) is 9.84. The van der Waals surface area contributed by atoms with E-state index in [2.05, 4.69) is 0 Å². The summed E-state index contributed by atoms with van der Waals surface area (Å²) < 4.78 is 32.1. The van der Waals surface area contributed by atoms with E-state index in [0.29, 0.717) is 11.8 Å². The molecule has 0 aromatic heterocycles.